The molecule has 0 amide bonds. The summed E-state index contributed by atoms with van der Waals surface area (Å²) in [4.78, 5) is 18.5. The van der Waals surface area contributed by atoms with Crippen molar-refractivity contribution in [2.24, 2.45) is 17.8 Å². The van der Waals surface area contributed by atoms with Gasteiger partial charge in [-0.15, -0.1) is 0 Å². The maximum Gasteiger partial charge on any atom is 0.276 e. The first-order valence-electron chi connectivity index (χ1n) is 7.35. The fourth-order valence-corrected chi connectivity index (χ4v) is 2.87. The molecule has 23 heavy (non-hydrogen) atoms. The Bertz CT molecular complexity index is 668. The molecule has 126 valence electrons. The molecule has 0 radical (unpaired) electrons. The van der Waals surface area contributed by atoms with Crippen molar-refractivity contribution in [3.05, 3.63) is 38.9 Å². The van der Waals surface area contributed by atoms with Gasteiger partial charge in [0.15, 0.2) is 0 Å². The zero-order valence-electron chi connectivity index (χ0n) is 13.4. The molecule has 2 heterocycles. The number of pyridine rings is 1. The van der Waals surface area contributed by atoms with E-state index in [-0.39, 0.29) is 5.56 Å². The minimum Gasteiger partial charge on any atom is -0.386 e. The number of halogens is 1. The van der Waals surface area contributed by atoms with Crippen LogP contribution in [-0.4, -0.2) is 55.2 Å². The third kappa shape index (κ3) is 5.19. The number of aliphatic imine (C=N–C) groups is 1. The Morgan fingerprint density at radius 3 is 3.13 bits per heavy atom. The standard InChI is InChI=1S/C15H22BrN5O2/c1-20-9-11(16)7-13(15(20)22)19-14(17)8-12-10-21(4-3-18-12)5-6-23-2/h7-9,18H,3-6,10H2,1-2H3,(H2,17,19)/b12-8-. The number of amidine groups is 1. The molecule has 0 aromatic carbocycles. The lowest BCUT2D eigenvalue weighted by Gasteiger charge is -2.29. The number of methoxy groups -OCH3 is 1. The van der Waals surface area contributed by atoms with Crippen LogP contribution in [0.15, 0.2) is 38.3 Å². The molecule has 1 aliphatic heterocycles. The van der Waals surface area contributed by atoms with Crippen LogP contribution < -0.4 is 16.6 Å². The van der Waals surface area contributed by atoms with Crippen molar-refractivity contribution in [3.8, 4) is 0 Å². The lowest BCUT2D eigenvalue weighted by atomic mass is 10.2. The molecule has 0 atom stereocenters. The van der Waals surface area contributed by atoms with Gasteiger partial charge in [0, 0.05) is 62.8 Å². The van der Waals surface area contributed by atoms with Gasteiger partial charge in [0.2, 0.25) is 0 Å². The summed E-state index contributed by atoms with van der Waals surface area (Å²) < 4.78 is 7.35. The molecule has 2 rings (SSSR count). The normalized spacial score (nSPS) is 18.2. The van der Waals surface area contributed by atoms with Crippen LogP contribution in [0.4, 0.5) is 5.69 Å². The van der Waals surface area contributed by atoms with Crippen molar-refractivity contribution in [1.82, 2.24) is 14.8 Å². The van der Waals surface area contributed by atoms with Crippen molar-refractivity contribution in [2.45, 2.75) is 0 Å². The number of piperazine rings is 1. The fraction of sp³-hybridized carbons (Fsp3) is 0.467. The topological polar surface area (TPSA) is 84.9 Å². The van der Waals surface area contributed by atoms with Gasteiger partial charge < -0.3 is 20.4 Å². The average molecular weight is 384 g/mol. The summed E-state index contributed by atoms with van der Waals surface area (Å²) in [6.07, 6.45) is 3.46. The van der Waals surface area contributed by atoms with E-state index in [2.05, 4.69) is 31.1 Å². The molecular formula is C15H22BrN5O2. The summed E-state index contributed by atoms with van der Waals surface area (Å²) in [5.41, 5.74) is 7.09. The highest BCUT2D eigenvalue weighted by atomic mass is 79.9. The summed E-state index contributed by atoms with van der Waals surface area (Å²) in [7, 11) is 3.37. The maximum atomic E-state index is 12.0. The number of nitrogens with zero attached hydrogens (tertiary/aromatic N) is 3. The largest absolute Gasteiger partial charge is 0.386 e. The second-order valence-electron chi connectivity index (χ2n) is 5.36. The van der Waals surface area contributed by atoms with Crippen LogP contribution in [0.3, 0.4) is 0 Å². The Balaban J connectivity index is 2.14. The second kappa shape index (κ2) is 8.28. The van der Waals surface area contributed by atoms with Crippen molar-refractivity contribution in [3.63, 3.8) is 0 Å². The second-order valence-corrected chi connectivity index (χ2v) is 6.28. The Kier molecular flexibility index (Phi) is 6.37. The monoisotopic (exact) mass is 383 g/mol. The van der Waals surface area contributed by atoms with E-state index >= 15 is 0 Å². The first-order chi connectivity index (χ1) is 11.0. The molecule has 7 nitrogen and oxygen atoms in total. The SMILES string of the molecule is COCCN1CCN/C(=C\C(N)=Nc2cc(Br)cn(C)c2=O)C1. The molecule has 8 heteroatoms. The van der Waals surface area contributed by atoms with Crippen LogP contribution in [0, 0.1) is 0 Å². The average Bonchev–Trinajstić information content (AvgIpc) is 2.50. The highest BCUT2D eigenvalue weighted by molar-refractivity contribution is 9.10. The fourth-order valence-electron chi connectivity index (χ4n) is 2.34. The minimum absolute atomic E-state index is 0.187. The molecule has 1 saturated heterocycles. The molecule has 0 saturated carbocycles. The number of aryl methyl sites for hydroxylation is 1. The lowest BCUT2D eigenvalue weighted by Crippen LogP contribution is -2.43. The minimum atomic E-state index is -0.187. The number of hydrogen-bond donors (Lipinski definition) is 2. The number of aromatic nitrogens is 1. The van der Waals surface area contributed by atoms with Crippen molar-refractivity contribution >= 4 is 27.5 Å². The summed E-state index contributed by atoms with van der Waals surface area (Å²) in [5, 5.41) is 3.30. The molecule has 0 unspecified atom stereocenters. The zero-order valence-corrected chi connectivity index (χ0v) is 15.0. The van der Waals surface area contributed by atoms with Gasteiger partial charge in [-0.2, -0.15) is 0 Å². The molecule has 1 aromatic rings. The van der Waals surface area contributed by atoms with Crippen LogP contribution in [0.5, 0.6) is 0 Å². The zero-order chi connectivity index (χ0) is 16.8. The van der Waals surface area contributed by atoms with Crippen LogP contribution in [0.25, 0.3) is 0 Å². The van der Waals surface area contributed by atoms with Gasteiger partial charge in [0.05, 0.1) is 6.61 Å². The Hall–Kier alpha value is -1.64. The van der Waals surface area contributed by atoms with Crippen molar-refractivity contribution < 1.29 is 4.74 Å². The first-order valence-corrected chi connectivity index (χ1v) is 8.15. The van der Waals surface area contributed by atoms with Crippen LogP contribution in [-0.2, 0) is 11.8 Å². The highest BCUT2D eigenvalue weighted by Crippen LogP contribution is 2.14. The number of rotatable bonds is 5. The molecular weight excluding hydrogens is 362 g/mol. The molecule has 1 fully saturated rings. The van der Waals surface area contributed by atoms with E-state index in [0.29, 0.717) is 18.1 Å². The first kappa shape index (κ1) is 17.7. The molecule has 0 aliphatic carbocycles. The predicted molar refractivity (Wildman–Crippen MR) is 95.1 cm³/mol. The van der Waals surface area contributed by atoms with Crippen LogP contribution in [0.1, 0.15) is 0 Å². The van der Waals surface area contributed by atoms with E-state index in [1.165, 1.54) is 4.57 Å². The van der Waals surface area contributed by atoms with Gasteiger partial charge in [-0.25, -0.2) is 4.99 Å². The van der Waals surface area contributed by atoms with Gasteiger partial charge in [-0.3, -0.25) is 9.69 Å². The van der Waals surface area contributed by atoms with Gasteiger partial charge in [0.1, 0.15) is 11.5 Å². The molecule has 0 bridgehead atoms. The molecule has 0 spiro atoms. The van der Waals surface area contributed by atoms with Crippen LogP contribution in [0.2, 0.25) is 0 Å². The molecule has 3 N–H and O–H groups in total. The Morgan fingerprint density at radius 2 is 2.39 bits per heavy atom. The van der Waals surface area contributed by atoms with E-state index in [0.717, 1.165) is 36.3 Å². The van der Waals surface area contributed by atoms with Gasteiger partial charge in [-0.1, -0.05) is 0 Å². The van der Waals surface area contributed by atoms with E-state index < -0.39 is 0 Å². The number of nitrogens with two attached hydrogens (primary N) is 1. The van der Waals surface area contributed by atoms with E-state index in [4.69, 9.17) is 10.5 Å². The third-order valence-electron chi connectivity index (χ3n) is 3.49. The summed E-state index contributed by atoms with van der Waals surface area (Å²) in [6, 6.07) is 1.66. The molecule has 1 aliphatic rings. The van der Waals surface area contributed by atoms with Crippen molar-refractivity contribution in [1.29, 1.82) is 0 Å². The summed E-state index contributed by atoms with van der Waals surface area (Å²) in [6.45, 7) is 4.14. The van der Waals surface area contributed by atoms with Gasteiger partial charge in [0.25, 0.3) is 5.56 Å². The number of hydrogen-bond acceptors (Lipinski definition) is 5. The van der Waals surface area contributed by atoms with Crippen LogP contribution >= 0.6 is 15.9 Å². The smallest absolute Gasteiger partial charge is 0.276 e. The maximum absolute atomic E-state index is 12.0. The quantitative estimate of drug-likeness (QED) is 0.573. The molecule has 1 aromatic heterocycles. The van der Waals surface area contributed by atoms with Crippen molar-refractivity contribution in [2.75, 3.05) is 39.9 Å². The highest BCUT2D eigenvalue weighted by Gasteiger charge is 2.13. The third-order valence-corrected chi connectivity index (χ3v) is 3.92. The number of ether oxygens (including phenoxy) is 1. The number of nitrogens with one attached hydrogen (secondary N) is 1. The predicted octanol–water partition coefficient (Wildman–Crippen LogP) is 0.572. The van der Waals surface area contributed by atoms with E-state index in [1.807, 2.05) is 0 Å². The summed E-state index contributed by atoms with van der Waals surface area (Å²) >= 11 is 3.35. The Labute approximate surface area is 144 Å². The van der Waals surface area contributed by atoms with Gasteiger partial charge >= 0.3 is 0 Å². The van der Waals surface area contributed by atoms with E-state index in [1.54, 1.807) is 32.5 Å². The lowest BCUT2D eigenvalue weighted by molar-refractivity contribution is 0.147. The van der Waals surface area contributed by atoms with E-state index in [9.17, 15) is 4.79 Å². The Morgan fingerprint density at radius 1 is 1.61 bits per heavy atom. The summed E-state index contributed by atoms with van der Waals surface area (Å²) in [5.74, 6) is 0.302. The van der Waals surface area contributed by atoms with Gasteiger partial charge in [-0.05, 0) is 22.0 Å².